The lowest BCUT2D eigenvalue weighted by Gasteiger charge is -2.07. The number of benzene rings is 1. The summed E-state index contributed by atoms with van der Waals surface area (Å²) >= 11 is 0. The summed E-state index contributed by atoms with van der Waals surface area (Å²) in [5.74, 6) is 0.786. The molecule has 0 unspecified atom stereocenters. The van der Waals surface area contributed by atoms with E-state index in [0.29, 0.717) is 12.2 Å². The number of nitrogens with zero attached hydrogens (tertiary/aromatic N) is 2. The van der Waals surface area contributed by atoms with Crippen LogP contribution in [0.1, 0.15) is 11.3 Å². The second-order valence-electron chi connectivity index (χ2n) is 4.21. The van der Waals surface area contributed by atoms with Crippen molar-refractivity contribution in [1.82, 2.24) is 9.97 Å². The Hall–Kier alpha value is -2.63. The fourth-order valence-corrected chi connectivity index (χ4v) is 1.62. The van der Waals surface area contributed by atoms with E-state index >= 15 is 0 Å². The Morgan fingerprint density at radius 1 is 1.25 bits per heavy atom. The van der Waals surface area contributed by atoms with E-state index in [9.17, 15) is 4.79 Å². The molecule has 0 spiro atoms. The van der Waals surface area contributed by atoms with Gasteiger partial charge in [0.25, 0.3) is 0 Å². The minimum Gasteiger partial charge on any atom is -0.453 e. The van der Waals surface area contributed by atoms with Gasteiger partial charge in [0, 0.05) is 24.0 Å². The summed E-state index contributed by atoms with van der Waals surface area (Å²) in [4.78, 5) is 19.2. The smallest absolute Gasteiger partial charge is 0.411 e. The highest BCUT2D eigenvalue weighted by Gasteiger charge is 2.01. The maximum absolute atomic E-state index is 11.0. The molecule has 0 saturated heterocycles. The molecule has 6 heteroatoms. The van der Waals surface area contributed by atoms with Crippen molar-refractivity contribution in [2.24, 2.45) is 0 Å². The summed E-state index contributed by atoms with van der Waals surface area (Å²) in [5, 5.41) is 5.81. The number of hydrogen-bond donors (Lipinski definition) is 2. The molecule has 0 saturated carbocycles. The standard InChI is InChI=1S/C14H16N4O2/c1-10-7-13(17-9-16-10)15-8-11-3-5-12(6-4-11)18-14(19)20-2/h3-7,9H,8H2,1-2H3,(H,18,19)(H,15,16,17). The largest absolute Gasteiger partial charge is 0.453 e. The first-order valence-corrected chi connectivity index (χ1v) is 6.14. The summed E-state index contributed by atoms with van der Waals surface area (Å²) in [6.07, 6.45) is 1.05. The number of aryl methyl sites for hydroxylation is 1. The lowest BCUT2D eigenvalue weighted by molar-refractivity contribution is 0.187. The molecule has 2 aromatic rings. The molecule has 104 valence electrons. The van der Waals surface area contributed by atoms with Crippen LogP contribution in [-0.2, 0) is 11.3 Å². The van der Waals surface area contributed by atoms with Gasteiger partial charge in [-0.25, -0.2) is 14.8 Å². The molecule has 2 N–H and O–H groups in total. The third kappa shape index (κ3) is 3.94. The highest BCUT2D eigenvalue weighted by molar-refractivity contribution is 5.84. The second-order valence-corrected chi connectivity index (χ2v) is 4.21. The quantitative estimate of drug-likeness (QED) is 0.894. The Kier molecular flexibility index (Phi) is 4.49. The van der Waals surface area contributed by atoms with Crippen LogP contribution in [0.4, 0.5) is 16.3 Å². The molecule has 0 atom stereocenters. The van der Waals surface area contributed by atoms with Gasteiger partial charge in [0.1, 0.15) is 12.1 Å². The molecule has 0 radical (unpaired) electrons. The van der Waals surface area contributed by atoms with Crippen LogP contribution in [0.3, 0.4) is 0 Å². The molecule has 1 aromatic heterocycles. The molecule has 6 nitrogen and oxygen atoms in total. The summed E-state index contributed by atoms with van der Waals surface area (Å²) in [7, 11) is 1.33. The molecule has 0 fully saturated rings. The first kappa shape index (κ1) is 13.8. The number of carbonyl (C=O) groups is 1. The maximum Gasteiger partial charge on any atom is 0.411 e. The molecule has 1 heterocycles. The number of carbonyl (C=O) groups excluding carboxylic acids is 1. The van der Waals surface area contributed by atoms with Crippen molar-refractivity contribution < 1.29 is 9.53 Å². The SMILES string of the molecule is COC(=O)Nc1ccc(CNc2cc(C)ncn2)cc1. The topological polar surface area (TPSA) is 76.1 Å². The molecule has 20 heavy (non-hydrogen) atoms. The average Bonchev–Trinajstić information content (AvgIpc) is 2.46. The molecular weight excluding hydrogens is 256 g/mol. The van der Waals surface area contributed by atoms with Crippen molar-refractivity contribution in [1.29, 1.82) is 0 Å². The lowest BCUT2D eigenvalue weighted by atomic mass is 10.2. The predicted molar refractivity (Wildman–Crippen MR) is 76.6 cm³/mol. The van der Waals surface area contributed by atoms with E-state index in [2.05, 4.69) is 25.3 Å². The second kappa shape index (κ2) is 6.51. The van der Waals surface area contributed by atoms with Crippen LogP contribution >= 0.6 is 0 Å². The van der Waals surface area contributed by atoms with Crippen molar-refractivity contribution in [3.8, 4) is 0 Å². The number of methoxy groups -OCH3 is 1. The van der Waals surface area contributed by atoms with Gasteiger partial charge < -0.3 is 10.1 Å². The summed E-state index contributed by atoms with van der Waals surface area (Å²) in [6, 6.07) is 9.37. The summed E-state index contributed by atoms with van der Waals surface area (Å²) < 4.78 is 4.52. The number of rotatable bonds is 4. The third-order valence-corrected chi connectivity index (χ3v) is 2.66. The molecule has 0 aliphatic rings. The van der Waals surface area contributed by atoms with E-state index < -0.39 is 6.09 Å². The zero-order valence-corrected chi connectivity index (χ0v) is 11.4. The lowest BCUT2D eigenvalue weighted by Crippen LogP contribution is -2.10. The van der Waals surface area contributed by atoms with Gasteiger partial charge in [-0.3, -0.25) is 5.32 Å². The van der Waals surface area contributed by atoms with Crippen molar-refractivity contribution >= 4 is 17.6 Å². The van der Waals surface area contributed by atoms with Crippen LogP contribution in [0.2, 0.25) is 0 Å². The fraction of sp³-hybridized carbons (Fsp3) is 0.214. The van der Waals surface area contributed by atoms with E-state index in [1.165, 1.54) is 13.4 Å². The van der Waals surface area contributed by atoms with Crippen molar-refractivity contribution in [2.45, 2.75) is 13.5 Å². The van der Waals surface area contributed by atoms with Gasteiger partial charge >= 0.3 is 6.09 Å². The Morgan fingerprint density at radius 3 is 2.65 bits per heavy atom. The molecule has 2 rings (SSSR count). The van der Waals surface area contributed by atoms with Gasteiger partial charge in [0.05, 0.1) is 7.11 Å². The van der Waals surface area contributed by atoms with Crippen LogP contribution < -0.4 is 10.6 Å². The van der Waals surface area contributed by atoms with Crippen LogP contribution in [0.15, 0.2) is 36.7 Å². The van der Waals surface area contributed by atoms with E-state index in [4.69, 9.17) is 0 Å². The first-order valence-electron chi connectivity index (χ1n) is 6.14. The van der Waals surface area contributed by atoms with Crippen LogP contribution in [0.25, 0.3) is 0 Å². The number of nitrogens with one attached hydrogen (secondary N) is 2. The van der Waals surface area contributed by atoms with Gasteiger partial charge in [-0.05, 0) is 24.6 Å². The number of amides is 1. The van der Waals surface area contributed by atoms with Gasteiger partial charge in [0.15, 0.2) is 0 Å². The average molecular weight is 272 g/mol. The van der Waals surface area contributed by atoms with Crippen molar-refractivity contribution in [2.75, 3.05) is 17.7 Å². The minimum absolute atomic E-state index is 0.479. The number of aromatic nitrogens is 2. The van der Waals surface area contributed by atoms with Crippen molar-refractivity contribution in [3.05, 3.63) is 47.9 Å². The normalized spacial score (nSPS) is 9.90. The first-order chi connectivity index (χ1) is 9.67. The molecule has 0 aliphatic heterocycles. The summed E-state index contributed by atoms with van der Waals surface area (Å²) in [5.41, 5.74) is 2.69. The predicted octanol–water partition coefficient (Wildman–Crippen LogP) is 2.58. The van der Waals surface area contributed by atoms with Gasteiger partial charge in [-0.1, -0.05) is 12.1 Å². The summed E-state index contributed by atoms with van der Waals surface area (Å²) in [6.45, 7) is 2.56. The van der Waals surface area contributed by atoms with Crippen molar-refractivity contribution in [3.63, 3.8) is 0 Å². The number of anilines is 2. The van der Waals surface area contributed by atoms with E-state index in [1.54, 1.807) is 0 Å². The van der Waals surface area contributed by atoms with Gasteiger partial charge in [-0.2, -0.15) is 0 Å². The fourth-order valence-electron chi connectivity index (χ4n) is 1.62. The zero-order chi connectivity index (χ0) is 14.4. The Balaban J connectivity index is 1.92. The highest BCUT2D eigenvalue weighted by atomic mass is 16.5. The Bertz CT molecular complexity index is 584. The number of ether oxygens (including phenoxy) is 1. The zero-order valence-electron chi connectivity index (χ0n) is 11.4. The highest BCUT2D eigenvalue weighted by Crippen LogP contribution is 2.11. The third-order valence-electron chi connectivity index (χ3n) is 2.66. The minimum atomic E-state index is -0.479. The van der Waals surface area contributed by atoms with E-state index in [0.717, 1.165) is 17.1 Å². The van der Waals surface area contributed by atoms with Crippen LogP contribution in [-0.4, -0.2) is 23.2 Å². The van der Waals surface area contributed by atoms with Crippen LogP contribution in [0.5, 0.6) is 0 Å². The molecule has 0 bridgehead atoms. The molecule has 1 amide bonds. The molecular formula is C14H16N4O2. The molecule has 1 aromatic carbocycles. The van der Waals surface area contributed by atoms with Gasteiger partial charge in [0.2, 0.25) is 0 Å². The maximum atomic E-state index is 11.0. The number of hydrogen-bond acceptors (Lipinski definition) is 5. The monoisotopic (exact) mass is 272 g/mol. The van der Waals surface area contributed by atoms with Crippen LogP contribution in [0, 0.1) is 6.92 Å². The Labute approximate surface area is 117 Å². The van der Waals surface area contributed by atoms with E-state index in [-0.39, 0.29) is 0 Å². The Morgan fingerprint density at radius 2 is 2.00 bits per heavy atom. The van der Waals surface area contributed by atoms with Gasteiger partial charge in [-0.15, -0.1) is 0 Å². The van der Waals surface area contributed by atoms with E-state index in [1.807, 2.05) is 37.3 Å². The molecule has 0 aliphatic carbocycles.